The van der Waals surface area contributed by atoms with E-state index in [0.29, 0.717) is 0 Å². The van der Waals surface area contributed by atoms with Crippen LogP contribution in [0.25, 0.3) is 43.8 Å². The lowest BCUT2D eigenvalue weighted by Crippen LogP contribution is -2.09. The zero-order valence-electron chi connectivity index (χ0n) is 22.5. The first kappa shape index (κ1) is 23.9. The molecule has 7 aromatic rings. The highest BCUT2D eigenvalue weighted by Crippen LogP contribution is 2.45. The average molecular weight is 512 g/mol. The van der Waals surface area contributed by atoms with Crippen molar-refractivity contribution in [2.75, 3.05) is 4.90 Å². The maximum atomic E-state index is 2.31. The highest BCUT2D eigenvalue weighted by Gasteiger charge is 2.18. The van der Waals surface area contributed by atoms with Gasteiger partial charge in [0.1, 0.15) is 0 Å². The lowest BCUT2D eigenvalue weighted by Gasteiger charge is -2.26. The zero-order valence-corrected chi connectivity index (χ0v) is 22.5. The Labute approximate surface area is 235 Å². The molecule has 0 spiro atoms. The van der Waals surface area contributed by atoms with Crippen LogP contribution in [0.3, 0.4) is 0 Å². The number of nitrogens with zero attached hydrogens (tertiary/aromatic N) is 1. The zero-order chi connectivity index (χ0) is 26.9. The molecule has 0 N–H and O–H groups in total. The van der Waals surface area contributed by atoms with Crippen LogP contribution in [0.1, 0.15) is 5.56 Å². The Hall–Kier alpha value is -5.14. The first-order valence-corrected chi connectivity index (χ1v) is 13.8. The highest BCUT2D eigenvalue weighted by atomic mass is 15.1. The van der Waals surface area contributed by atoms with E-state index in [1.165, 1.54) is 49.4 Å². The molecule has 0 saturated heterocycles. The van der Waals surface area contributed by atoms with E-state index in [9.17, 15) is 0 Å². The van der Waals surface area contributed by atoms with Crippen molar-refractivity contribution in [3.05, 3.63) is 163 Å². The van der Waals surface area contributed by atoms with Gasteiger partial charge in [-0.15, -0.1) is 0 Å². The van der Waals surface area contributed by atoms with Crippen molar-refractivity contribution in [2.45, 2.75) is 6.92 Å². The third-order valence-electron chi connectivity index (χ3n) is 7.76. The van der Waals surface area contributed by atoms with Gasteiger partial charge in [0.2, 0.25) is 0 Å². The number of hydrogen-bond donors (Lipinski definition) is 0. The first-order valence-electron chi connectivity index (χ1n) is 13.8. The number of anilines is 3. The Morgan fingerprint density at radius 1 is 0.350 bits per heavy atom. The summed E-state index contributed by atoms with van der Waals surface area (Å²) < 4.78 is 0. The van der Waals surface area contributed by atoms with Crippen molar-refractivity contribution in [3.8, 4) is 22.3 Å². The number of benzene rings is 7. The van der Waals surface area contributed by atoms with Gasteiger partial charge in [-0.25, -0.2) is 0 Å². The lowest BCUT2D eigenvalue weighted by molar-refractivity contribution is 1.28. The molecule has 1 nitrogen and oxygen atoms in total. The van der Waals surface area contributed by atoms with Gasteiger partial charge in [0.25, 0.3) is 0 Å². The number of hydrogen-bond acceptors (Lipinski definition) is 1. The SMILES string of the molecule is Cc1cccc2c(-c3ccc(N(c4ccccc4)c4ccccc4)cc3)c3ccccc3c(-c3ccccc3)c12. The summed E-state index contributed by atoms with van der Waals surface area (Å²) in [5.41, 5.74) is 9.76. The van der Waals surface area contributed by atoms with Gasteiger partial charge in [-0.2, -0.15) is 0 Å². The fourth-order valence-corrected chi connectivity index (χ4v) is 6.00. The van der Waals surface area contributed by atoms with Crippen LogP contribution in [0.4, 0.5) is 17.1 Å². The van der Waals surface area contributed by atoms with E-state index in [0.717, 1.165) is 17.1 Å². The van der Waals surface area contributed by atoms with E-state index < -0.39 is 0 Å². The number of aryl methyl sites for hydroxylation is 1. The van der Waals surface area contributed by atoms with Gasteiger partial charge in [0.05, 0.1) is 0 Å². The fraction of sp³-hybridized carbons (Fsp3) is 0.0256. The van der Waals surface area contributed by atoms with E-state index in [2.05, 4.69) is 170 Å². The molecule has 0 atom stereocenters. The number of para-hydroxylation sites is 2. The van der Waals surface area contributed by atoms with Crippen molar-refractivity contribution in [1.82, 2.24) is 0 Å². The summed E-state index contributed by atoms with van der Waals surface area (Å²) in [7, 11) is 0. The second-order valence-electron chi connectivity index (χ2n) is 10.2. The van der Waals surface area contributed by atoms with Crippen LogP contribution in [0, 0.1) is 6.92 Å². The largest absolute Gasteiger partial charge is 0.311 e. The molecular formula is C39H29N. The molecule has 0 unspecified atom stereocenters. The van der Waals surface area contributed by atoms with Crippen LogP contribution in [0.2, 0.25) is 0 Å². The maximum Gasteiger partial charge on any atom is 0.0462 e. The highest BCUT2D eigenvalue weighted by molar-refractivity contribution is 6.22. The van der Waals surface area contributed by atoms with E-state index in [1.54, 1.807) is 0 Å². The molecule has 7 rings (SSSR count). The summed E-state index contributed by atoms with van der Waals surface area (Å²) in [5.74, 6) is 0. The maximum absolute atomic E-state index is 2.31. The molecule has 0 aliphatic rings. The smallest absolute Gasteiger partial charge is 0.0462 e. The molecular weight excluding hydrogens is 482 g/mol. The van der Waals surface area contributed by atoms with Gasteiger partial charge in [0, 0.05) is 17.1 Å². The second kappa shape index (κ2) is 10.2. The molecule has 0 saturated carbocycles. The number of fused-ring (bicyclic) bond motifs is 2. The van der Waals surface area contributed by atoms with Crippen LogP contribution < -0.4 is 4.90 Å². The third-order valence-corrected chi connectivity index (χ3v) is 7.76. The second-order valence-corrected chi connectivity index (χ2v) is 10.2. The first-order chi connectivity index (χ1) is 19.8. The van der Waals surface area contributed by atoms with Crippen LogP contribution in [0.15, 0.2) is 158 Å². The summed E-state index contributed by atoms with van der Waals surface area (Å²) in [6.07, 6.45) is 0. The Kier molecular flexibility index (Phi) is 6.11. The standard InChI is InChI=1S/C39H29N/c1-28-14-13-23-36-37(28)39(29-15-5-2-6-16-29)35-22-12-11-21-34(35)38(36)30-24-26-33(27-25-30)40(31-17-7-3-8-18-31)32-19-9-4-10-20-32/h2-27H,1H3. The predicted molar refractivity (Wildman–Crippen MR) is 172 cm³/mol. The third kappa shape index (κ3) is 4.13. The molecule has 190 valence electrons. The Morgan fingerprint density at radius 2 is 0.800 bits per heavy atom. The number of rotatable bonds is 5. The minimum Gasteiger partial charge on any atom is -0.311 e. The molecule has 0 aliphatic carbocycles. The van der Waals surface area contributed by atoms with Crippen molar-refractivity contribution in [3.63, 3.8) is 0 Å². The Morgan fingerprint density at radius 3 is 1.40 bits per heavy atom. The van der Waals surface area contributed by atoms with Gasteiger partial charge < -0.3 is 4.90 Å². The van der Waals surface area contributed by atoms with Crippen molar-refractivity contribution >= 4 is 38.6 Å². The predicted octanol–water partition coefficient (Wildman–Crippen LogP) is 11.1. The van der Waals surface area contributed by atoms with E-state index in [-0.39, 0.29) is 0 Å². The normalized spacial score (nSPS) is 11.1. The fourth-order valence-electron chi connectivity index (χ4n) is 6.00. The molecule has 0 bridgehead atoms. The molecule has 0 amide bonds. The molecule has 0 radical (unpaired) electrons. The van der Waals surface area contributed by atoms with Gasteiger partial charge >= 0.3 is 0 Å². The monoisotopic (exact) mass is 511 g/mol. The van der Waals surface area contributed by atoms with Crippen LogP contribution in [-0.2, 0) is 0 Å². The average Bonchev–Trinajstić information content (AvgIpc) is 3.02. The van der Waals surface area contributed by atoms with Crippen molar-refractivity contribution < 1.29 is 0 Å². The van der Waals surface area contributed by atoms with Crippen molar-refractivity contribution in [2.24, 2.45) is 0 Å². The lowest BCUT2D eigenvalue weighted by atomic mass is 9.84. The van der Waals surface area contributed by atoms with Crippen LogP contribution in [-0.4, -0.2) is 0 Å². The van der Waals surface area contributed by atoms with E-state index in [1.807, 2.05) is 0 Å². The Bertz CT molecular complexity index is 1880. The van der Waals surface area contributed by atoms with Gasteiger partial charge in [-0.3, -0.25) is 0 Å². The van der Waals surface area contributed by atoms with E-state index in [4.69, 9.17) is 0 Å². The summed E-state index contributed by atoms with van der Waals surface area (Å²) >= 11 is 0. The molecule has 0 fully saturated rings. The van der Waals surface area contributed by atoms with Crippen LogP contribution in [0.5, 0.6) is 0 Å². The van der Waals surface area contributed by atoms with Crippen molar-refractivity contribution in [1.29, 1.82) is 0 Å². The minimum atomic E-state index is 1.13. The van der Waals surface area contributed by atoms with Gasteiger partial charge in [0.15, 0.2) is 0 Å². The summed E-state index contributed by atoms with van der Waals surface area (Å²) in [6.45, 7) is 2.23. The molecule has 0 heterocycles. The molecule has 7 aromatic carbocycles. The van der Waals surface area contributed by atoms with Gasteiger partial charge in [-0.05, 0) is 92.7 Å². The summed E-state index contributed by atoms with van der Waals surface area (Å²) in [5, 5.41) is 5.16. The summed E-state index contributed by atoms with van der Waals surface area (Å²) in [6, 6.07) is 56.5. The minimum absolute atomic E-state index is 1.13. The molecule has 40 heavy (non-hydrogen) atoms. The van der Waals surface area contributed by atoms with Crippen LogP contribution >= 0.6 is 0 Å². The molecule has 0 aliphatic heterocycles. The van der Waals surface area contributed by atoms with E-state index >= 15 is 0 Å². The Balaban J connectivity index is 1.45. The van der Waals surface area contributed by atoms with Gasteiger partial charge in [-0.1, -0.05) is 121 Å². The quantitative estimate of drug-likeness (QED) is 0.208. The topological polar surface area (TPSA) is 3.24 Å². The molecule has 0 aromatic heterocycles. The summed E-state index contributed by atoms with van der Waals surface area (Å²) in [4.78, 5) is 2.31. The molecule has 1 heteroatoms.